The number of ketones is 1. The Labute approximate surface area is 160 Å². The molecule has 1 aromatic carbocycles. The summed E-state index contributed by atoms with van der Waals surface area (Å²) in [6.45, 7) is 18.6. The number of carbonyl (C=O) groups excluding carboxylic acids is 1. The second-order valence-corrected chi connectivity index (χ2v) is 13.9. The van der Waals surface area contributed by atoms with E-state index in [1.165, 1.54) is 5.56 Å². The van der Waals surface area contributed by atoms with Gasteiger partial charge in [-0.1, -0.05) is 57.2 Å². The molecule has 3 atom stereocenters. The molecule has 0 N–H and O–H groups in total. The molecule has 1 aliphatic rings. The normalized spacial score (nSPS) is 24.6. The molecule has 144 valence electrons. The molecule has 0 amide bonds. The Morgan fingerprint density at radius 3 is 2.42 bits per heavy atom. The summed E-state index contributed by atoms with van der Waals surface area (Å²) in [5.41, 5.74) is 1.23. The second-order valence-electron chi connectivity index (χ2n) is 9.08. The van der Waals surface area contributed by atoms with Crippen molar-refractivity contribution in [1.82, 2.24) is 4.90 Å². The van der Waals surface area contributed by atoms with Crippen molar-refractivity contribution in [2.75, 3.05) is 6.61 Å². The zero-order valence-electron chi connectivity index (χ0n) is 17.3. The van der Waals surface area contributed by atoms with Crippen LogP contribution in [0.15, 0.2) is 43.0 Å². The van der Waals surface area contributed by atoms with Crippen LogP contribution >= 0.6 is 0 Å². The van der Waals surface area contributed by atoms with Crippen LogP contribution in [0.5, 0.6) is 0 Å². The molecule has 0 spiro atoms. The number of rotatable bonds is 7. The first-order valence-electron chi connectivity index (χ1n) is 9.63. The lowest BCUT2D eigenvalue weighted by Gasteiger charge is -2.37. The third-order valence-electron chi connectivity index (χ3n) is 6.18. The van der Waals surface area contributed by atoms with Crippen molar-refractivity contribution in [2.45, 2.75) is 70.9 Å². The van der Waals surface area contributed by atoms with Crippen LogP contribution in [-0.4, -0.2) is 37.7 Å². The van der Waals surface area contributed by atoms with Crippen molar-refractivity contribution in [3.05, 3.63) is 48.6 Å². The van der Waals surface area contributed by atoms with Gasteiger partial charge < -0.3 is 4.43 Å². The van der Waals surface area contributed by atoms with Gasteiger partial charge >= 0.3 is 0 Å². The molecule has 1 fully saturated rings. The summed E-state index contributed by atoms with van der Waals surface area (Å²) < 4.78 is 6.49. The van der Waals surface area contributed by atoms with E-state index in [1.54, 1.807) is 6.92 Å². The van der Waals surface area contributed by atoms with Crippen LogP contribution in [0.4, 0.5) is 0 Å². The van der Waals surface area contributed by atoms with E-state index in [9.17, 15) is 4.79 Å². The molecule has 0 bridgehead atoms. The highest BCUT2D eigenvalue weighted by molar-refractivity contribution is 6.74. The molecule has 1 saturated heterocycles. The van der Waals surface area contributed by atoms with Crippen molar-refractivity contribution >= 4 is 14.1 Å². The van der Waals surface area contributed by atoms with Gasteiger partial charge in [-0.2, -0.15) is 0 Å². The summed E-state index contributed by atoms with van der Waals surface area (Å²) in [7, 11) is -1.80. The van der Waals surface area contributed by atoms with Gasteiger partial charge in [0.2, 0.25) is 0 Å². The van der Waals surface area contributed by atoms with Crippen molar-refractivity contribution in [2.24, 2.45) is 5.92 Å². The lowest BCUT2D eigenvalue weighted by Crippen LogP contribution is -2.43. The van der Waals surface area contributed by atoms with E-state index >= 15 is 0 Å². The van der Waals surface area contributed by atoms with Crippen LogP contribution in [0.25, 0.3) is 0 Å². The predicted molar refractivity (Wildman–Crippen MR) is 112 cm³/mol. The molecule has 2 rings (SSSR count). The van der Waals surface area contributed by atoms with Crippen LogP contribution in [0.2, 0.25) is 18.1 Å². The van der Waals surface area contributed by atoms with Gasteiger partial charge in [-0.3, -0.25) is 9.69 Å². The third kappa shape index (κ3) is 4.73. The van der Waals surface area contributed by atoms with Gasteiger partial charge in [0.25, 0.3) is 0 Å². The number of hydrogen-bond acceptors (Lipinski definition) is 3. The first-order chi connectivity index (χ1) is 12.1. The number of hydrogen-bond donors (Lipinski definition) is 0. The standard InChI is InChI=1S/C22H35NO2Si/c1-8-20-19(16-25-26(6,7)22(3,4)5)14-21(17(2)24)23(20)15-18-12-10-9-11-13-18/h8-13,19-21H,1,14-16H2,2-7H3. The number of Topliss-reactive ketones (excluding diaryl/α,β-unsaturated/α-hetero) is 1. The van der Waals surface area contributed by atoms with Crippen LogP contribution in [0.1, 0.15) is 39.7 Å². The summed E-state index contributed by atoms with van der Waals surface area (Å²) in [4.78, 5) is 14.6. The Morgan fingerprint density at radius 1 is 1.31 bits per heavy atom. The maximum atomic E-state index is 12.3. The van der Waals surface area contributed by atoms with Crippen LogP contribution in [0, 0.1) is 5.92 Å². The largest absolute Gasteiger partial charge is 0.416 e. The predicted octanol–water partition coefficient (Wildman–Crippen LogP) is 5.04. The highest BCUT2D eigenvalue weighted by Crippen LogP contribution is 2.39. The maximum Gasteiger partial charge on any atom is 0.191 e. The minimum atomic E-state index is -1.80. The molecule has 1 aliphatic heterocycles. The monoisotopic (exact) mass is 373 g/mol. The SMILES string of the molecule is C=CC1C(CO[Si](C)(C)C(C)(C)C)CC(C(C)=O)N1Cc1ccccc1. The minimum Gasteiger partial charge on any atom is -0.416 e. The lowest BCUT2D eigenvalue weighted by molar-refractivity contribution is -0.121. The molecule has 0 aliphatic carbocycles. The van der Waals surface area contributed by atoms with E-state index in [0.29, 0.717) is 12.5 Å². The number of carbonyl (C=O) groups is 1. The Morgan fingerprint density at radius 2 is 1.92 bits per heavy atom. The molecular formula is C22H35NO2Si. The van der Waals surface area contributed by atoms with E-state index in [1.807, 2.05) is 12.1 Å². The van der Waals surface area contributed by atoms with Crippen molar-refractivity contribution < 1.29 is 9.22 Å². The summed E-state index contributed by atoms with van der Waals surface area (Å²) in [6, 6.07) is 10.5. The smallest absolute Gasteiger partial charge is 0.191 e. The zero-order chi connectivity index (χ0) is 19.5. The Balaban J connectivity index is 2.16. The summed E-state index contributed by atoms with van der Waals surface area (Å²) in [5, 5.41) is 0.193. The third-order valence-corrected chi connectivity index (χ3v) is 10.7. The average molecular weight is 374 g/mol. The maximum absolute atomic E-state index is 12.3. The molecule has 0 radical (unpaired) electrons. The molecule has 1 aromatic rings. The van der Waals surface area contributed by atoms with Gasteiger partial charge in [0.05, 0.1) is 6.04 Å². The number of likely N-dealkylation sites (tertiary alicyclic amines) is 1. The van der Waals surface area contributed by atoms with Gasteiger partial charge in [-0.25, -0.2) is 0 Å². The molecule has 3 unspecified atom stereocenters. The number of nitrogens with zero attached hydrogens (tertiary/aromatic N) is 1. The lowest BCUT2D eigenvalue weighted by atomic mass is 9.99. The molecule has 26 heavy (non-hydrogen) atoms. The van der Waals surface area contributed by atoms with Crippen LogP contribution in [-0.2, 0) is 15.8 Å². The summed E-state index contributed by atoms with van der Waals surface area (Å²) >= 11 is 0. The molecular weight excluding hydrogens is 338 g/mol. The first-order valence-corrected chi connectivity index (χ1v) is 12.5. The van der Waals surface area contributed by atoms with Crippen LogP contribution in [0.3, 0.4) is 0 Å². The second kappa shape index (κ2) is 8.20. The Hall–Kier alpha value is -1.23. The van der Waals surface area contributed by atoms with Gasteiger partial charge in [0.15, 0.2) is 8.32 Å². The topological polar surface area (TPSA) is 29.5 Å². The fourth-order valence-electron chi connectivity index (χ4n) is 3.48. The Bertz CT molecular complexity index is 621. The molecule has 1 heterocycles. The fraction of sp³-hybridized carbons (Fsp3) is 0.591. The average Bonchev–Trinajstić information content (AvgIpc) is 2.90. The molecule has 4 heteroatoms. The van der Waals surface area contributed by atoms with E-state index in [2.05, 4.69) is 69.6 Å². The van der Waals surface area contributed by atoms with Crippen molar-refractivity contribution in [3.8, 4) is 0 Å². The zero-order valence-corrected chi connectivity index (χ0v) is 18.3. The summed E-state index contributed by atoms with van der Waals surface area (Å²) in [5.74, 6) is 0.557. The highest BCUT2D eigenvalue weighted by Gasteiger charge is 2.44. The van der Waals surface area contributed by atoms with Gasteiger partial charge in [-0.05, 0) is 37.0 Å². The van der Waals surface area contributed by atoms with E-state index in [0.717, 1.165) is 13.0 Å². The fourth-order valence-corrected chi connectivity index (χ4v) is 4.54. The van der Waals surface area contributed by atoms with Gasteiger partial charge in [0, 0.05) is 25.1 Å². The van der Waals surface area contributed by atoms with Gasteiger partial charge in [0.1, 0.15) is 5.78 Å². The number of benzene rings is 1. The molecule has 3 nitrogen and oxygen atoms in total. The Kier molecular flexibility index (Phi) is 6.64. The quantitative estimate of drug-likeness (QED) is 0.495. The van der Waals surface area contributed by atoms with Crippen molar-refractivity contribution in [3.63, 3.8) is 0 Å². The van der Waals surface area contributed by atoms with E-state index < -0.39 is 8.32 Å². The highest BCUT2D eigenvalue weighted by atomic mass is 28.4. The van der Waals surface area contributed by atoms with Crippen molar-refractivity contribution in [1.29, 1.82) is 0 Å². The molecule has 0 saturated carbocycles. The van der Waals surface area contributed by atoms with E-state index in [-0.39, 0.29) is 22.9 Å². The van der Waals surface area contributed by atoms with Crippen LogP contribution < -0.4 is 0 Å². The van der Waals surface area contributed by atoms with E-state index in [4.69, 9.17) is 4.43 Å². The summed E-state index contributed by atoms with van der Waals surface area (Å²) in [6.07, 6.45) is 2.86. The van der Waals surface area contributed by atoms with Gasteiger partial charge in [-0.15, -0.1) is 6.58 Å². The minimum absolute atomic E-state index is 0.0498. The first kappa shape index (κ1) is 21.1. The molecule has 0 aromatic heterocycles.